The Morgan fingerprint density at radius 2 is 2.14 bits per heavy atom. The Morgan fingerprint density at radius 1 is 1.26 bits per heavy atom. The molecule has 0 saturated carbocycles. The molecule has 0 spiro atoms. The van der Waals surface area contributed by atoms with Gasteiger partial charge in [0.05, 0.1) is 24.4 Å². The zero-order chi connectivity index (χ0) is 24.6. The number of aryl methyl sites for hydroxylation is 1. The van der Waals surface area contributed by atoms with Gasteiger partial charge in [0.25, 0.3) is 5.91 Å². The van der Waals surface area contributed by atoms with Gasteiger partial charge in [-0.15, -0.1) is 11.3 Å². The van der Waals surface area contributed by atoms with Crippen molar-refractivity contribution < 1.29 is 14.3 Å². The molecule has 1 atom stereocenters. The Balaban J connectivity index is 1.44. The number of carbonyl (C=O) groups excluding carboxylic acids is 2. The molecule has 0 unspecified atom stereocenters. The highest BCUT2D eigenvalue weighted by molar-refractivity contribution is 7.14. The number of ether oxygens (including phenoxy) is 1. The largest absolute Gasteiger partial charge is 0.493 e. The van der Waals surface area contributed by atoms with Crippen LogP contribution in [0.15, 0.2) is 42.2 Å². The van der Waals surface area contributed by atoms with Gasteiger partial charge in [0, 0.05) is 36.4 Å². The lowest BCUT2D eigenvalue weighted by Crippen LogP contribution is -2.44. The minimum absolute atomic E-state index is 0.121. The number of thiazole rings is 1. The molecule has 1 aromatic carbocycles. The van der Waals surface area contributed by atoms with E-state index >= 15 is 0 Å². The number of nitrogens with one attached hydrogen (secondary N) is 1. The summed E-state index contributed by atoms with van der Waals surface area (Å²) < 4.78 is 5.84. The lowest BCUT2D eigenvalue weighted by atomic mass is 9.97. The third kappa shape index (κ3) is 6.22. The average molecular weight is 494 g/mol. The lowest BCUT2D eigenvalue weighted by molar-refractivity contribution is -0.121. The first-order chi connectivity index (χ1) is 17.1. The highest BCUT2D eigenvalue weighted by atomic mass is 32.1. The molecule has 3 aromatic rings. The minimum Gasteiger partial charge on any atom is -0.493 e. The van der Waals surface area contributed by atoms with Crippen LogP contribution in [0.2, 0.25) is 0 Å². The maximum atomic E-state index is 13.0. The van der Waals surface area contributed by atoms with Crippen molar-refractivity contribution in [1.29, 1.82) is 0 Å². The van der Waals surface area contributed by atoms with Gasteiger partial charge in [0.2, 0.25) is 5.91 Å². The third-order valence-corrected chi connectivity index (χ3v) is 6.79. The van der Waals surface area contributed by atoms with Crippen LogP contribution in [0.3, 0.4) is 0 Å². The lowest BCUT2D eigenvalue weighted by Gasteiger charge is -2.31. The van der Waals surface area contributed by atoms with Crippen LogP contribution in [0.5, 0.6) is 5.75 Å². The number of anilines is 1. The Labute approximate surface area is 209 Å². The zero-order valence-corrected chi connectivity index (χ0v) is 21.0. The first-order valence-corrected chi connectivity index (χ1v) is 13.0. The number of piperidine rings is 1. The molecule has 9 heteroatoms. The Morgan fingerprint density at radius 3 is 2.91 bits per heavy atom. The van der Waals surface area contributed by atoms with Gasteiger partial charge in [0.15, 0.2) is 5.13 Å². The average Bonchev–Trinajstić information content (AvgIpc) is 3.36. The minimum atomic E-state index is -0.298. The molecule has 4 rings (SSSR count). The van der Waals surface area contributed by atoms with E-state index in [4.69, 9.17) is 4.74 Å². The third-order valence-electron chi connectivity index (χ3n) is 6.03. The first-order valence-electron chi connectivity index (χ1n) is 12.2. The van der Waals surface area contributed by atoms with E-state index in [1.807, 2.05) is 18.4 Å². The van der Waals surface area contributed by atoms with Crippen molar-refractivity contribution in [1.82, 2.24) is 19.9 Å². The van der Waals surface area contributed by atoms with Gasteiger partial charge in [-0.05, 0) is 50.3 Å². The van der Waals surface area contributed by atoms with Crippen molar-refractivity contribution in [2.24, 2.45) is 5.92 Å². The molecule has 1 N–H and O–H groups in total. The number of amides is 2. The number of nitrogens with zero attached hydrogens (tertiary/aromatic N) is 4. The molecule has 2 aromatic heterocycles. The van der Waals surface area contributed by atoms with Gasteiger partial charge in [-0.25, -0.2) is 9.97 Å². The van der Waals surface area contributed by atoms with Crippen molar-refractivity contribution in [2.75, 3.05) is 25.0 Å². The summed E-state index contributed by atoms with van der Waals surface area (Å²) in [5, 5.41) is 5.45. The first kappa shape index (κ1) is 24.8. The number of unbranched alkanes of at least 4 members (excludes halogenated alkanes) is 1. The Bertz CT molecular complexity index is 1150. The summed E-state index contributed by atoms with van der Waals surface area (Å²) >= 11 is 1.39. The maximum absolute atomic E-state index is 13.0. The Hall–Kier alpha value is -3.33. The summed E-state index contributed by atoms with van der Waals surface area (Å²) in [6.07, 6.45) is 9.24. The van der Waals surface area contributed by atoms with E-state index in [1.165, 1.54) is 35.5 Å². The molecular formula is C26H31N5O3S. The van der Waals surface area contributed by atoms with Crippen LogP contribution in [-0.4, -0.2) is 51.4 Å². The summed E-state index contributed by atoms with van der Waals surface area (Å²) in [6.45, 7) is 5.68. The molecule has 0 aliphatic carbocycles. The van der Waals surface area contributed by atoms with Crippen LogP contribution in [0, 0.1) is 5.92 Å². The second-order valence-electron chi connectivity index (χ2n) is 8.58. The second kappa shape index (κ2) is 11.9. The van der Waals surface area contributed by atoms with E-state index in [-0.39, 0.29) is 17.7 Å². The fourth-order valence-corrected chi connectivity index (χ4v) is 4.92. The highest BCUT2D eigenvalue weighted by Crippen LogP contribution is 2.34. The van der Waals surface area contributed by atoms with E-state index in [2.05, 4.69) is 39.3 Å². The van der Waals surface area contributed by atoms with E-state index < -0.39 is 0 Å². The number of rotatable bonds is 9. The number of carbonyl (C=O) groups is 2. The quantitative estimate of drug-likeness (QED) is 0.458. The van der Waals surface area contributed by atoms with Gasteiger partial charge >= 0.3 is 0 Å². The van der Waals surface area contributed by atoms with Crippen molar-refractivity contribution in [3.8, 4) is 17.0 Å². The monoisotopic (exact) mass is 493 g/mol. The molecule has 3 heterocycles. The highest BCUT2D eigenvalue weighted by Gasteiger charge is 2.30. The van der Waals surface area contributed by atoms with Gasteiger partial charge in [0.1, 0.15) is 11.4 Å². The number of hydrogen-bond acceptors (Lipinski definition) is 7. The van der Waals surface area contributed by atoms with Crippen molar-refractivity contribution in [2.45, 2.75) is 46.0 Å². The van der Waals surface area contributed by atoms with Crippen molar-refractivity contribution >= 4 is 28.3 Å². The van der Waals surface area contributed by atoms with E-state index in [9.17, 15) is 9.59 Å². The molecule has 0 bridgehead atoms. The fourth-order valence-electron chi connectivity index (χ4n) is 4.20. The van der Waals surface area contributed by atoms with Crippen molar-refractivity contribution in [3.63, 3.8) is 0 Å². The molecule has 1 aliphatic rings. The molecule has 1 saturated heterocycles. The van der Waals surface area contributed by atoms with Crippen molar-refractivity contribution in [3.05, 3.63) is 53.4 Å². The summed E-state index contributed by atoms with van der Waals surface area (Å²) in [5.41, 5.74) is 3.27. The molecule has 184 valence electrons. The van der Waals surface area contributed by atoms with Crippen LogP contribution in [0.25, 0.3) is 11.3 Å². The van der Waals surface area contributed by atoms with Crippen LogP contribution in [0.4, 0.5) is 5.13 Å². The standard InChI is InChI=1S/C26H31N5O3S/c1-3-5-7-18-9-10-23(34-4-2)20(14-18)22-17-35-26(29-22)30-24(32)19-8-6-13-31(16-19)25(33)21-15-27-11-12-28-21/h9-12,14-15,17,19H,3-8,13,16H2,1-2H3,(H,29,30,32)/t19-/m1/s1. The fraction of sp³-hybridized carbons (Fsp3) is 0.423. The molecule has 8 nitrogen and oxygen atoms in total. The second-order valence-corrected chi connectivity index (χ2v) is 9.43. The van der Waals surface area contributed by atoms with Crippen LogP contribution in [0.1, 0.15) is 55.6 Å². The molecule has 1 aliphatic heterocycles. The van der Waals surface area contributed by atoms with E-state index in [0.29, 0.717) is 30.5 Å². The number of hydrogen-bond donors (Lipinski definition) is 1. The van der Waals surface area contributed by atoms with Gasteiger partial charge in [-0.2, -0.15) is 0 Å². The molecule has 2 amide bonds. The SMILES string of the molecule is CCCCc1ccc(OCC)c(-c2csc(NC(=O)[C@@H]3CCCN(C(=O)c4cnccn4)C3)n2)c1. The number of benzene rings is 1. The number of aromatic nitrogens is 3. The molecular weight excluding hydrogens is 462 g/mol. The van der Waals surface area contributed by atoms with Gasteiger partial charge in [-0.1, -0.05) is 19.4 Å². The predicted molar refractivity (Wildman–Crippen MR) is 137 cm³/mol. The van der Waals surface area contributed by atoms with Crippen LogP contribution in [-0.2, 0) is 11.2 Å². The summed E-state index contributed by atoms with van der Waals surface area (Å²) in [6, 6.07) is 6.25. The normalized spacial score (nSPS) is 15.6. The zero-order valence-electron chi connectivity index (χ0n) is 20.2. The molecule has 35 heavy (non-hydrogen) atoms. The molecule has 1 fully saturated rings. The van der Waals surface area contributed by atoms with E-state index in [1.54, 1.807) is 4.90 Å². The summed E-state index contributed by atoms with van der Waals surface area (Å²) in [4.78, 5) is 40.2. The van der Waals surface area contributed by atoms with Crippen LogP contribution < -0.4 is 10.1 Å². The van der Waals surface area contributed by atoms with Crippen LogP contribution >= 0.6 is 11.3 Å². The summed E-state index contributed by atoms with van der Waals surface area (Å²) in [7, 11) is 0. The Kier molecular flexibility index (Phi) is 8.41. The topological polar surface area (TPSA) is 97.3 Å². The molecule has 0 radical (unpaired) electrons. The van der Waals surface area contributed by atoms with E-state index in [0.717, 1.165) is 49.1 Å². The van der Waals surface area contributed by atoms with Gasteiger partial charge in [-0.3, -0.25) is 14.6 Å². The smallest absolute Gasteiger partial charge is 0.274 e. The maximum Gasteiger partial charge on any atom is 0.274 e. The summed E-state index contributed by atoms with van der Waals surface area (Å²) in [5.74, 6) is 0.178. The number of likely N-dealkylation sites (tertiary alicyclic amines) is 1. The predicted octanol–water partition coefficient (Wildman–Crippen LogP) is 4.83. The van der Waals surface area contributed by atoms with Gasteiger partial charge < -0.3 is 15.0 Å².